The molecule has 1 aromatic carbocycles. The minimum absolute atomic E-state index is 0.199. The number of rotatable bonds is 2. The van der Waals surface area contributed by atoms with Gasteiger partial charge in [-0.05, 0) is 30.7 Å². The second kappa shape index (κ2) is 3.64. The summed E-state index contributed by atoms with van der Waals surface area (Å²) in [6, 6.07) is 9.66. The lowest BCUT2D eigenvalue weighted by Gasteiger charge is -2.00. The van der Waals surface area contributed by atoms with Gasteiger partial charge in [0.25, 0.3) is 5.24 Å². The average Bonchev–Trinajstić information content (AvgIpc) is 2.85. The van der Waals surface area contributed by atoms with E-state index in [0.29, 0.717) is 0 Å². The van der Waals surface area contributed by atoms with Crippen LogP contribution in [0.25, 0.3) is 22.0 Å². The first-order valence-electron chi connectivity index (χ1n) is 5.43. The van der Waals surface area contributed by atoms with Crippen LogP contribution in [0.1, 0.15) is 17.5 Å². The number of para-hydroxylation sites is 1. The predicted molar refractivity (Wildman–Crippen MR) is 67.6 cm³/mol. The minimum atomic E-state index is -0.562. The molecule has 3 rings (SSSR count). The Labute approximate surface area is 103 Å². The predicted octanol–water partition coefficient (Wildman–Crippen LogP) is 3.79. The number of carbonyl (C=O) groups is 1. The molecule has 2 heterocycles. The normalized spacial score (nSPS) is 11.4. The molecular weight excluding hydrogens is 238 g/mol. The van der Waals surface area contributed by atoms with Gasteiger partial charge in [-0.3, -0.25) is 4.79 Å². The summed E-state index contributed by atoms with van der Waals surface area (Å²) in [5.41, 5.74) is 2.75. The van der Waals surface area contributed by atoms with Crippen LogP contribution in [-0.2, 0) is 6.54 Å². The minimum Gasteiger partial charge on any atom is -0.449 e. The summed E-state index contributed by atoms with van der Waals surface area (Å²) in [6.45, 7) is 2.88. The highest BCUT2D eigenvalue weighted by Gasteiger charge is 2.17. The van der Waals surface area contributed by atoms with E-state index in [1.807, 2.05) is 24.3 Å². The fourth-order valence-corrected chi connectivity index (χ4v) is 2.34. The molecule has 0 fully saturated rings. The standard InChI is InChI=1S/C13H10ClNO2/c1-2-15-9-6-4-3-5-8(9)12-10(15)7-11(17-12)13(14)16/h3-7H,2H2,1H3. The van der Waals surface area contributed by atoms with E-state index in [2.05, 4.69) is 11.5 Å². The molecule has 0 N–H and O–H groups in total. The van der Waals surface area contributed by atoms with E-state index in [1.54, 1.807) is 6.07 Å². The molecule has 2 aromatic heterocycles. The third kappa shape index (κ3) is 1.39. The van der Waals surface area contributed by atoms with Crippen molar-refractivity contribution < 1.29 is 9.21 Å². The molecule has 0 saturated heterocycles. The maximum Gasteiger partial charge on any atom is 0.287 e. The third-order valence-electron chi connectivity index (χ3n) is 2.95. The van der Waals surface area contributed by atoms with Crippen molar-refractivity contribution in [2.75, 3.05) is 0 Å². The van der Waals surface area contributed by atoms with Gasteiger partial charge in [-0.2, -0.15) is 0 Å². The Morgan fingerprint density at radius 2 is 2.12 bits per heavy atom. The highest BCUT2D eigenvalue weighted by atomic mass is 35.5. The van der Waals surface area contributed by atoms with Gasteiger partial charge in [0.1, 0.15) is 0 Å². The molecule has 3 aromatic rings. The van der Waals surface area contributed by atoms with E-state index in [9.17, 15) is 4.79 Å². The number of carbonyl (C=O) groups excluding carboxylic acids is 1. The SMILES string of the molecule is CCn1c2ccccc2c2oc(C(=O)Cl)cc21. The maximum atomic E-state index is 11.1. The first-order chi connectivity index (χ1) is 8.22. The second-order valence-electron chi connectivity index (χ2n) is 3.86. The highest BCUT2D eigenvalue weighted by molar-refractivity contribution is 6.67. The van der Waals surface area contributed by atoms with Crippen molar-refractivity contribution in [1.82, 2.24) is 4.57 Å². The fourth-order valence-electron chi connectivity index (χ4n) is 2.24. The summed E-state index contributed by atoms with van der Waals surface area (Å²) in [4.78, 5) is 11.1. The van der Waals surface area contributed by atoms with Gasteiger partial charge in [0.2, 0.25) is 0 Å². The summed E-state index contributed by atoms with van der Waals surface area (Å²) in [5, 5.41) is 0.446. The Morgan fingerprint density at radius 3 is 2.82 bits per heavy atom. The summed E-state index contributed by atoms with van der Waals surface area (Å²) >= 11 is 5.44. The molecule has 0 spiro atoms. The van der Waals surface area contributed by atoms with Gasteiger partial charge >= 0.3 is 0 Å². The van der Waals surface area contributed by atoms with Crippen LogP contribution in [0.3, 0.4) is 0 Å². The van der Waals surface area contributed by atoms with Crippen molar-refractivity contribution in [2.24, 2.45) is 0 Å². The number of nitrogens with zero attached hydrogens (tertiary/aromatic N) is 1. The molecule has 0 bridgehead atoms. The van der Waals surface area contributed by atoms with Crippen LogP contribution in [-0.4, -0.2) is 9.81 Å². The van der Waals surface area contributed by atoms with Crippen LogP contribution in [0.4, 0.5) is 0 Å². The zero-order valence-corrected chi connectivity index (χ0v) is 9.99. The number of aryl methyl sites for hydroxylation is 1. The van der Waals surface area contributed by atoms with Gasteiger partial charge in [-0.15, -0.1) is 0 Å². The molecule has 3 nitrogen and oxygen atoms in total. The van der Waals surface area contributed by atoms with Crippen molar-refractivity contribution in [2.45, 2.75) is 13.5 Å². The molecule has 17 heavy (non-hydrogen) atoms. The molecule has 4 heteroatoms. The zero-order chi connectivity index (χ0) is 12.0. The van der Waals surface area contributed by atoms with E-state index in [0.717, 1.165) is 28.5 Å². The second-order valence-corrected chi connectivity index (χ2v) is 4.20. The van der Waals surface area contributed by atoms with E-state index in [1.165, 1.54) is 0 Å². The molecule has 0 aliphatic heterocycles. The van der Waals surface area contributed by atoms with E-state index in [4.69, 9.17) is 16.0 Å². The maximum absolute atomic E-state index is 11.1. The van der Waals surface area contributed by atoms with Crippen LogP contribution in [0, 0.1) is 0 Å². The first-order valence-corrected chi connectivity index (χ1v) is 5.80. The van der Waals surface area contributed by atoms with Gasteiger partial charge in [0, 0.05) is 18.0 Å². The lowest BCUT2D eigenvalue weighted by Crippen LogP contribution is -1.92. The number of fused-ring (bicyclic) bond motifs is 3. The Bertz CT molecular complexity index is 724. The monoisotopic (exact) mass is 247 g/mol. The summed E-state index contributed by atoms with van der Waals surface area (Å²) < 4.78 is 7.63. The Kier molecular flexibility index (Phi) is 2.23. The molecule has 86 valence electrons. The van der Waals surface area contributed by atoms with Gasteiger partial charge in [-0.1, -0.05) is 12.1 Å². The van der Waals surface area contributed by atoms with Crippen LogP contribution < -0.4 is 0 Å². The molecule has 0 amide bonds. The van der Waals surface area contributed by atoms with Crippen LogP contribution in [0.5, 0.6) is 0 Å². The Hall–Kier alpha value is -1.74. The quantitative estimate of drug-likeness (QED) is 0.646. The number of aromatic nitrogens is 1. The van der Waals surface area contributed by atoms with Crippen LogP contribution in [0.2, 0.25) is 0 Å². The topological polar surface area (TPSA) is 35.1 Å². The number of hydrogen-bond acceptors (Lipinski definition) is 2. The zero-order valence-electron chi connectivity index (χ0n) is 9.24. The van der Waals surface area contributed by atoms with Crippen molar-refractivity contribution in [3.05, 3.63) is 36.1 Å². The molecule has 0 atom stereocenters. The van der Waals surface area contributed by atoms with E-state index >= 15 is 0 Å². The smallest absolute Gasteiger partial charge is 0.287 e. The van der Waals surface area contributed by atoms with Crippen LogP contribution in [0.15, 0.2) is 34.7 Å². The summed E-state index contributed by atoms with van der Waals surface area (Å²) in [7, 11) is 0. The molecule has 0 saturated carbocycles. The van der Waals surface area contributed by atoms with Gasteiger partial charge in [0.05, 0.1) is 11.0 Å². The molecule has 0 radical (unpaired) electrons. The van der Waals surface area contributed by atoms with Crippen molar-refractivity contribution in [1.29, 1.82) is 0 Å². The van der Waals surface area contributed by atoms with Crippen molar-refractivity contribution in [3.8, 4) is 0 Å². The number of benzene rings is 1. The Balaban J connectivity index is 2.47. The summed E-state index contributed by atoms with van der Waals surface area (Å²) in [5.74, 6) is 0.199. The van der Waals surface area contributed by atoms with Crippen molar-refractivity contribution >= 4 is 38.8 Å². The first kappa shape index (κ1) is 10.4. The van der Waals surface area contributed by atoms with Gasteiger partial charge < -0.3 is 8.98 Å². The van der Waals surface area contributed by atoms with Gasteiger partial charge in [0.15, 0.2) is 11.3 Å². The largest absolute Gasteiger partial charge is 0.449 e. The molecule has 0 aliphatic carbocycles. The Morgan fingerprint density at radius 1 is 1.35 bits per heavy atom. The lowest BCUT2D eigenvalue weighted by atomic mass is 10.2. The average molecular weight is 248 g/mol. The fraction of sp³-hybridized carbons (Fsp3) is 0.154. The molecular formula is C13H10ClNO2. The van der Waals surface area contributed by atoms with Crippen LogP contribution >= 0.6 is 11.6 Å². The summed E-state index contributed by atoms with van der Waals surface area (Å²) in [6.07, 6.45) is 0. The molecule has 0 aliphatic rings. The third-order valence-corrected chi connectivity index (χ3v) is 3.14. The number of halogens is 1. The number of furan rings is 1. The van der Waals surface area contributed by atoms with E-state index < -0.39 is 5.24 Å². The van der Waals surface area contributed by atoms with Crippen molar-refractivity contribution in [3.63, 3.8) is 0 Å². The lowest BCUT2D eigenvalue weighted by molar-refractivity contribution is 0.105. The van der Waals surface area contributed by atoms with E-state index in [-0.39, 0.29) is 5.76 Å². The molecule has 0 unspecified atom stereocenters. The number of hydrogen-bond donors (Lipinski definition) is 0. The van der Waals surface area contributed by atoms with Gasteiger partial charge in [-0.25, -0.2) is 0 Å². The highest BCUT2D eigenvalue weighted by Crippen LogP contribution is 2.31.